The first-order valence-electron chi connectivity index (χ1n) is 5.46. The predicted octanol–water partition coefficient (Wildman–Crippen LogP) is 1.19. The molecule has 0 amide bonds. The van der Waals surface area contributed by atoms with Crippen LogP contribution in [0.5, 0.6) is 0 Å². The van der Waals surface area contributed by atoms with E-state index < -0.39 is 11.9 Å². The van der Waals surface area contributed by atoms with Gasteiger partial charge in [0.1, 0.15) is 0 Å². The molecule has 6 nitrogen and oxygen atoms in total. The van der Waals surface area contributed by atoms with Crippen molar-refractivity contribution in [3.05, 3.63) is 30.1 Å². The molecule has 0 unspecified atom stereocenters. The van der Waals surface area contributed by atoms with Crippen molar-refractivity contribution < 1.29 is 19.2 Å². The van der Waals surface area contributed by atoms with Crippen LogP contribution in [0.4, 0.5) is 0 Å². The Bertz CT molecular complexity index is 603. The summed E-state index contributed by atoms with van der Waals surface area (Å²) in [6, 6.07) is 5.07. The Hall–Kier alpha value is -2.37. The predicted molar refractivity (Wildman–Crippen MR) is 63.0 cm³/mol. The van der Waals surface area contributed by atoms with E-state index in [1.54, 1.807) is 31.3 Å². The van der Waals surface area contributed by atoms with Gasteiger partial charge in [-0.25, -0.2) is 14.6 Å². The lowest BCUT2D eigenvalue weighted by molar-refractivity contribution is -0.141. The lowest BCUT2D eigenvalue weighted by Gasteiger charge is -2.07. The summed E-state index contributed by atoms with van der Waals surface area (Å²) in [7, 11) is 0. The highest BCUT2D eigenvalue weighted by atomic mass is 16.7. The largest absolute Gasteiger partial charge is 0.461 e. The number of esters is 1. The summed E-state index contributed by atoms with van der Waals surface area (Å²) in [4.78, 5) is 31.9. The van der Waals surface area contributed by atoms with Crippen LogP contribution in [0.2, 0.25) is 0 Å². The number of rotatable bonds is 3. The minimum Gasteiger partial charge on any atom is -0.461 e. The normalized spacial score (nSPS) is 10.3. The summed E-state index contributed by atoms with van der Waals surface area (Å²) in [6.07, 6.45) is 1.55. The van der Waals surface area contributed by atoms with Crippen molar-refractivity contribution in [3.8, 4) is 0 Å². The molecule has 2 aromatic rings. The van der Waals surface area contributed by atoms with Gasteiger partial charge >= 0.3 is 11.9 Å². The molecule has 0 bridgehead atoms. The minimum absolute atomic E-state index is 0.140. The fourth-order valence-corrected chi connectivity index (χ4v) is 1.58. The van der Waals surface area contributed by atoms with E-state index >= 15 is 0 Å². The van der Waals surface area contributed by atoms with Gasteiger partial charge in [0.15, 0.2) is 11.3 Å². The van der Waals surface area contributed by atoms with E-state index in [0.717, 1.165) is 4.73 Å². The minimum atomic E-state index is -0.559. The molecule has 0 saturated heterocycles. The smallest absolute Gasteiger partial charge is 0.358 e. The van der Waals surface area contributed by atoms with E-state index in [2.05, 4.69) is 4.98 Å². The molecule has 18 heavy (non-hydrogen) atoms. The van der Waals surface area contributed by atoms with Crippen molar-refractivity contribution in [2.45, 2.75) is 13.8 Å². The van der Waals surface area contributed by atoms with Crippen LogP contribution in [0.1, 0.15) is 24.3 Å². The summed E-state index contributed by atoms with van der Waals surface area (Å²) in [5, 5.41) is 0.696. The van der Waals surface area contributed by atoms with E-state index in [0.29, 0.717) is 11.0 Å². The van der Waals surface area contributed by atoms with Crippen LogP contribution in [-0.4, -0.2) is 28.3 Å². The van der Waals surface area contributed by atoms with E-state index in [1.807, 2.05) is 0 Å². The molecule has 0 aliphatic heterocycles. The lowest BCUT2D eigenvalue weighted by Crippen LogP contribution is -2.22. The van der Waals surface area contributed by atoms with E-state index in [9.17, 15) is 9.59 Å². The highest BCUT2D eigenvalue weighted by Gasteiger charge is 2.19. The molecule has 6 heteroatoms. The number of nitrogens with zero attached hydrogens (tertiary/aromatic N) is 2. The van der Waals surface area contributed by atoms with Crippen LogP contribution in [0.3, 0.4) is 0 Å². The van der Waals surface area contributed by atoms with Crippen molar-refractivity contribution in [1.29, 1.82) is 0 Å². The van der Waals surface area contributed by atoms with Crippen LogP contribution in [0.15, 0.2) is 24.4 Å². The zero-order chi connectivity index (χ0) is 13.1. The van der Waals surface area contributed by atoms with Gasteiger partial charge in [0.05, 0.1) is 6.61 Å². The SMILES string of the molecule is CCOC(=O)c1cc2cccnc2n1OC(C)=O. The van der Waals surface area contributed by atoms with Gasteiger partial charge in [0, 0.05) is 18.5 Å². The Morgan fingerprint density at radius 1 is 1.44 bits per heavy atom. The number of pyridine rings is 1. The Morgan fingerprint density at radius 3 is 2.89 bits per heavy atom. The Kier molecular flexibility index (Phi) is 3.27. The van der Waals surface area contributed by atoms with Crippen LogP contribution >= 0.6 is 0 Å². The van der Waals surface area contributed by atoms with Gasteiger partial charge in [-0.2, -0.15) is 0 Å². The molecule has 0 spiro atoms. The maximum Gasteiger partial charge on any atom is 0.358 e. The van der Waals surface area contributed by atoms with Crippen LogP contribution < -0.4 is 4.84 Å². The van der Waals surface area contributed by atoms with Crippen molar-refractivity contribution in [3.63, 3.8) is 0 Å². The van der Waals surface area contributed by atoms with Crippen molar-refractivity contribution in [1.82, 2.24) is 9.71 Å². The number of hydrogen-bond donors (Lipinski definition) is 0. The summed E-state index contributed by atoms with van der Waals surface area (Å²) >= 11 is 0. The third kappa shape index (κ3) is 2.17. The Morgan fingerprint density at radius 2 is 2.22 bits per heavy atom. The van der Waals surface area contributed by atoms with E-state index in [-0.39, 0.29) is 12.3 Å². The number of carbonyl (C=O) groups excluding carboxylic acids is 2. The van der Waals surface area contributed by atoms with Gasteiger partial charge in [-0.15, -0.1) is 4.73 Å². The molecule has 0 aliphatic carbocycles. The molecule has 0 fully saturated rings. The average molecular weight is 248 g/mol. The maximum atomic E-state index is 11.8. The first-order valence-corrected chi connectivity index (χ1v) is 5.46. The molecule has 94 valence electrons. The van der Waals surface area contributed by atoms with Gasteiger partial charge in [-0.1, -0.05) is 0 Å². The monoisotopic (exact) mass is 248 g/mol. The second-order valence-electron chi connectivity index (χ2n) is 3.54. The van der Waals surface area contributed by atoms with Gasteiger partial charge in [0.2, 0.25) is 0 Å². The quantitative estimate of drug-likeness (QED) is 0.763. The van der Waals surface area contributed by atoms with Gasteiger partial charge in [-0.3, -0.25) is 0 Å². The van der Waals surface area contributed by atoms with Gasteiger partial charge in [0.25, 0.3) is 0 Å². The topological polar surface area (TPSA) is 70.4 Å². The molecule has 2 rings (SSSR count). The van der Waals surface area contributed by atoms with E-state index in [1.165, 1.54) is 6.92 Å². The van der Waals surface area contributed by atoms with Crippen molar-refractivity contribution in [2.75, 3.05) is 6.61 Å². The van der Waals surface area contributed by atoms with Crippen molar-refractivity contribution in [2.24, 2.45) is 0 Å². The molecule has 0 atom stereocenters. The first-order chi connectivity index (χ1) is 8.63. The first kappa shape index (κ1) is 12.1. The zero-order valence-corrected chi connectivity index (χ0v) is 10.0. The van der Waals surface area contributed by atoms with E-state index in [4.69, 9.17) is 9.57 Å². The molecule has 2 aromatic heterocycles. The number of carbonyl (C=O) groups is 2. The molecular weight excluding hydrogens is 236 g/mol. The number of hydrogen-bond acceptors (Lipinski definition) is 5. The molecule has 0 aromatic carbocycles. The third-order valence-electron chi connectivity index (χ3n) is 2.22. The van der Waals surface area contributed by atoms with Crippen LogP contribution in [0.25, 0.3) is 11.0 Å². The van der Waals surface area contributed by atoms with Gasteiger partial charge in [-0.05, 0) is 25.1 Å². The molecular formula is C12H12N2O4. The molecule has 0 saturated carbocycles. The highest BCUT2D eigenvalue weighted by Crippen LogP contribution is 2.17. The van der Waals surface area contributed by atoms with Crippen LogP contribution in [-0.2, 0) is 9.53 Å². The zero-order valence-electron chi connectivity index (χ0n) is 10.0. The number of ether oxygens (including phenoxy) is 1. The molecule has 0 aliphatic rings. The molecule has 0 radical (unpaired) electrons. The molecule has 0 N–H and O–H groups in total. The summed E-state index contributed by atoms with van der Waals surface area (Å²) in [5.74, 6) is -1.10. The standard InChI is InChI=1S/C12H12N2O4/c1-3-17-12(16)10-7-9-5-4-6-13-11(9)14(10)18-8(2)15/h4-7H,3H2,1-2H3. The Labute approximate surface area is 103 Å². The Balaban J connectivity index is 2.56. The number of fused-ring (bicyclic) bond motifs is 1. The van der Waals surface area contributed by atoms with Gasteiger partial charge < -0.3 is 9.57 Å². The maximum absolute atomic E-state index is 11.8. The summed E-state index contributed by atoms with van der Waals surface area (Å²) < 4.78 is 5.99. The van der Waals surface area contributed by atoms with Crippen molar-refractivity contribution >= 4 is 23.0 Å². The average Bonchev–Trinajstić information content (AvgIpc) is 2.68. The lowest BCUT2D eigenvalue weighted by atomic mass is 10.3. The number of aromatic nitrogens is 2. The summed E-state index contributed by atoms with van der Waals surface area (Å²) in [6.45, 7) is 3.20. The summed E-state index contributed by atoms with van der Waals surface area (Å²) in [5.41, 5.74) is 0.538. The highest BCUT2D eigenvalue weighted by molar-refractivity contribution is 5.94. The fraction of sp³-hybridized carbons (Fsp3) is 0.250. The molecule has 2 heterocycles. The fourth-order valence-electron chi connectivity index (χ4n) is 1.58. The second-order valence-corrected chi connectivity index (χ2v) is 3.54. The van der Waals surface area contributed by atoms with Crippen LogP contribution in [0, 0.1) is 0 Å². The third-order valence-corrected chi connectivity index (χ3v) is 2.22. The second kappa shape index (κ2) is 4.87.